The van der Waals surface area contributed by atoms with Gasteiger partial charge in [0.2, 0.25) is 5.76 Å². The van der Waals surface area contributed by atoms with Gasteiger partial charge in [-0.3, -0.25) is 4.79 Å². The van der Waals surface area contributed by atoms with Crippen molar-refractivity contribution >= 4 is 11.9 Å². The molecule has 1 heterocycles. The van der Waals surface area contributed by atoms with Gasteiger partial charge in [-0.15, -0.1) is 0 Å². The molecule has 2 N–H and O–H groups in total. The normalized spacial score (nSPS) is 16.8. The van der Waals surface area contributed by atoms with Gasteiger partial charge in [-0.05, 0) is 25.7 Å². The maximum atomic E-state index is 11.6. The highest BCUT2D eigenvalue weighted by Gasteiger charge is 2.29. The van der Waals surface area contributed by atoms with Crippen LogP contribution in [0.3, 0.4) is 0 Å². The zero-order chi connectivity index (χ0) is 11.7. The molecular formula is C10H12N2O4. The first-order valence-corrected chi connectivity index (χ1v) is 5.09. The fourth-order valence-electron chi connectivity index (χ4n) is 1.48. The van der Waals surface area contributed by atoms with Crippen LogP contribution < -0.4 is 5.32 Å². The molecule has 2 rings (SSSR count). The van der Waals surface area contributed by atoms with E-state index in [1.54, 1.807) is 0 Å². The number of hydrogen-bond donors (Lipinski definition) is 2. The highest BCUT2D eigenvalue weighted by molar-refractivity contribution is 5.94. The van der Waals surface area contributed by atoms with E-state index in [0.29, 0.717) is 5.92 Å². The minimum atomic E-state index is -1.23. The quantitative estimate of drug-likeness (QED) is 0.792. The smallest absolute Gasteiger partial charge is 0.374 e. The molecule has 1 aromatic rings. The molecule has 86 valence electrons. The number of carboxylic acids is 1. The van der Waals surface area contributed by atoms with Gasteiger partial charge in [0.1, 0.15) is 0 Å². The minimum absolute atomic E-state index is 0.00454. The number of nitrogens with one attached hydrogen (secondary N) is 1. The van der Waals surface area contributed by atoms with Crippen LogP contribution in [0.1, 0.15) is 40.8 Å². The number of rotatable bonds is 4. The molecule has 6 nitrogen and oxygen atoms in total. The monoisotopic (exact) mass is 224 g/mol. The molecule has 0 saturated heterocycles. The van der Waals surface area contributed by atoms with Crippen molar-refractivity contribution in [3.8, 4) is 0 Å². The van der Waals surface area contributed by atoms with Crippen LogP contribution in [0.2, 0.25) is 0 Å². The SMILES string of the molecule is CC(NC(=O)c1cc(C(=O)O)on1)C1CC1. The van der Waals surface area contributed by atoms with Crippen molar-refractivity contribution in [1.82, 2.24) is 10.5 Å². The van der Waals surface area contributed by atoms with Crippen LogP contribution in [0.4, 0.5) is 0 Å². The summed E-state index contributed by atoms with van der Waals surface area (Å²) in [6.45, 7) is 1.92. The Kier molecular flexibility index (Phi) is 2.64. The molecule has 0 aromatic carbocycles. The summed E-state index contributed by atoms with van der Waals surface area (Å²) >= 11 is 0. The van der Waals surface area contributed by atoms with Crippen LogP contribution in [-0.4, -0.2) is 28.2 Å². The number of nitrogens with zero attached hydrogens (tertiary/aromatic N) is 1. The molecule has 1 aromatic heterocycles. The molecule has 1 unspecified atom stereocenters. The van der Waals surface area contributed by atoms with E-state index in [1.807, 2.05) is 6.92 Å². The maximum Gasteiger partial charge on any atom is 0.374 e. The number of carboxylic acid groups (broad SMARTS) is 1. The molecule has 0 aliphatic heterocycles. The van der Waals surface area contributed by atoms with Crippen molar-refractivity contribution < 1.29 is 19.2 Å². The topological polar surface area (TPSA) is 92.4 Å². The largest absolute Gasteiger partial charge is 0.475 e. The third-order valence-corrected chi connectivity index (χ3v) is 2.64. The Labute approximate surface area is 91.6 Å². The van der Waals surface area contributed by atoms with E-state index in [-0.39, 0.29) is 17.5 Å². The van der Waals surface area contributed by atoms with Crippen LogP contribution in [0.5, 0.6) is 0 Å². The van der Waals surface area contributed by atoms with E-state index in [2.05, 4.69) is 15.0 Å². The number of hydrogen-bond acceptors (Lipinski definition) is 4. The maximum absolute atomic E-state index is 11.6. The summed E-state index contributed by atoms with van der Waals surface area (Å²) in [6.07, 6.45) is 2.25. The number of aromatic carboxylic acids is 1. The zero-order valence-corrected chi connectivity index (χ0v) is 8.77. The molecule has 1 fully saturated rings. The highest BCUT2D eigenvalue weighted by atomic mass is 16.5. The van der Waals surface area contributed by atoms with E-state index in [1.165, 1.54) is 0 Å². The molecule has 16 heavy (non-hydrogen) atoms. The molecule has 6 heteroatoms. The molecule has 1 amide bonds. The molecule has 1 aliphatic carbocycles. The van der Waals surface area contributed by atoms with Gasteiger partial charge in [-0.25, -0.2) is 4.79 Å². The lowest BCUT2D eigenvalue weighted by atomic mass is 10.2. The molecule has 1 atom stereocenters. The van der Waals surface area contributed by atoms with Gasteiger partial charge in [0.15, 0.2) is 5.69 Å². The molecule has 0 bridgehead atoms. The van der Waals surface area contributed by atoms with Gasteiger partial charge in [-0.2, -0.15) is 0 Å². The number of amides is 1. The van der Waals surface area contributed by atoms with Gasteiger partial charge >= 0.3 is 5.97 Å². The Bertz CT molecular complexity index is 422. The third kappa shape index (κ3) is 2.21. The summed E-state index contributed by atoms with van der Waals surface area (Å²) in [5.41, 5.74) is 0.00454. The molecular weight excluding hydrogens is 212 g/mol. The summed E-state index contributed by atoms with van der Waals surface area (Å²) in [6, 6.07) is 1.22. The predicted octanol–water partition coefficient (Wildman–Crippen LogP) is 0.901. The highest BCUT2D eigenvalue weighted by Crippen LogP contribution is 2.32. The van der Waals surface area contributed by atoms with E-state index in [9.17, 15) is 9.59 Å². The second-order valence-corrected chi connectivity index (χ2v) is 3.98. The van der Waals surface area contributed by atoms with Crippen molar-refractivity contribution in [3.63, 3.8) is 0 Å². The lowest BCUT2D eigenvalue weighted by Crippen LogP contribution is -2.34. The van der Waals surface area contributed by atoms with E-state index < -0.39 is 11.9 Å². The van der Waals surface area contributed by atoms with Gasteiger partial charge in [0.25, 0.3) is 5.91 Å². The standard InChI is InChI=1S/C10H12N2O4/c1-5(6-2-3-6)11-9(13)7-4-8(10(14)15)16-12-7/h4-6H,2-3H2,1H3,(H,11,13)(H,14,15). The third-order valence-electron chi connectivity index (χ3n) is 2.64. The predicted molar refractivity (Wildman–Crippen MR) is 53.1 cm³/mol. The Hall–Kier alpha value is -1.85. The molecule has 1 saturated carbocycles. The van der Waals surface area contributed by atoms with E-state index >= 15 is 0 Å². The first kappa shape index (κ1) is 10.7. The lowest BCUT2D eigenvalue weighted by Gasteiger charge is -2.10. The van der Waals surface area contributed by atoms with Crippen LogP contribution in [0.15, 0.2) is 10.6 Å². The van der Waals surface area contributed by atoms with Crippen molar-refractivity contribution in [2.45, 2.75) is 25.8 Å². The van der Waals surface area contributed by atoms with Gasteiger partial charge in [0, 0.05) is 12.1 Å². The van der Waals surface area contributed by atoms with Gasteiger partial charge in [0.05, 0.1) is 0 Å². The van der Waals surface area contributed by atoms with Crippen LogP contribution >= 0.6 is 0 Å². The van der Waals surface area contributed by atoms with Crippen LogP contribution in [0, 0.1) is 5.92 Å². The van der Waals surface area contributed by atoms with Crippen molar-refractivity contribution in [2.75, 3.05) is 0 Å². The fraction of sp³-hybridized carbons (Fsp3) is 0.500. The summed E-state index contributed by atoms with van der Waals surface area (Å²) in [7, 11) is 0. The Morgan fingerprint density at radius 3 is 2.81 bits per heavy atom. The summed E-state index contributed by atoms with van der Waals surface area (Å²) < 4.78 is 4.49. The summed E-state index contributed by atoms with van der Waals surface area (Å²) in [4.78, 5) is 22.1. The number of carbonyl (C=O) groups excluding carboxylic acids is 1. The Balaban J connectivity index is 1.99. The summed E-state index contributed by atoms with van der Waals surface area (Å²) in [5, 5.41) is 14.8. The van der Waals surface area contributed by atoms with Crippen LogP contribution in [0.25, 0.3) is 0 Å². The number of aromatic nitrogens is 1. The Morgan fingerprint density at radius 1 is 1.62 bits per heavy atom. The second-order valence-electron chi connectivity index (χ2n) is 3.98. The Morgan fingerprint density at radius 2 is 2.31 bits per heavy atom. The minimum Gasteiger partial charge on any atom is -0.475 e. The van der Waals surface area contributed by atoms with Crippen molar-refractivity contribution in [1.29, 1.82) is 0 Å². The van der Waals surface area contributed by atoms with Crippen molar-refractivity contribution in [3.05, 3.63) is 17.5 Å². The molecule has 1 aliphatic rings. The molecule has 0 radical (unpaired) electrons. The van der Waals surface area contributed by atoms with Crippen molar-refractivity contribution in [2.24, 2.45) is 5.92 Å². The fourth-order valence-corrected chi connectivity index (χ4v) is 1.48. The van der Waals surface area contributed by atoms with E-state index in [4.69, 9.17) is 5.11 Å². The van der Waals surface area contributed by atoms with E-state index in [0.717, 1.165) is 18.9 Å². The van der Waals surface area contributed by atoms with Gasteiger partial charge in [-0.1, -0.05) is 5.16 Å². The zero-order valence-electron chi connectivity index (χ0n) is 8.77. The second kappa shape index (κ2) is 3.96. The first-order chi connectivity index (χ1) is 7.58. The molecule has 0 spiro atoms. The number of carbonyl (C=O) groups is 2. The first-order valence-electron chi connectivity index (χ1n) is 5.09. The summed E-state index contributed by atoms with van der Waals surface area (Å²) in [5.74, 6) is -1.42. The average Bonchev–Trinajstić information content (AvgIpc) is 2.95. The van der Waals surface area contributed by atoms with Crippen LogP contribution in [-0.2, 0) is 0 Å². The average molecular weight is 224 g/mol. The van der Waals surface area contributed by atoms with Gasteiger partial charge < -0.3 is 14.9 Å². The lowest BCUT2D eigenvalue weighted by molar-refractivity contribution is 0.0651.